The maximum Gasteiger partial charge on any atom is 0 e. The Bertz CT molecular complexity index is 295. The molecule has 0 spiro atoms. The average Bonchev–Trinajstić information content (AvgIpc) is 2.54. The second-order valence-corrected chi connectivity index (χ2v) is 9.72. The van der Waals surface area contributed by atoms with Crippen LogP contribution in [0.1, 0.15) is 83.1 Å². The summed E-state index contributed by atoms with van der Waals surface area (Å²) in [6.07, 6.45) is 0. The molecule has 0 N–H and O–H groups in total. The summed E-state index contributed by atoms with van der Waals surface area (Å²) in [7, 11) is 0. The van der Waals surface area contributed by atoms with E-state index in [-0.39, 0.29) is 35.2 Å². The van der Waals surface area contributed by atoms with Crippen LogP contribution in [0.2, 0.25) is 0 Å². The fourth-order valence-electron chi connectivity index (χ4n) is 3.02. The van der Waals surface area contributed by atoms with Crippen LogP contribution in [0, 0.1) is 49.4 Å². The predicted octanol–water partition coefficient (Wildman–Crippen LogP) is 8.52. The van der Waals surface area contributed by atoms with E-state index < -0.39 is 0 Å². The van der Waals surface area contributed by atoms with Gasteiger partial charge in [0.1, 0.15) is 0 Å². The standard InChI is InChI=1S/C10H20.C8H16N2.C5H11.CH3.Ta/c1-6-7(2)9(4)10(5)8(6)3;1-6(2)9-8(5)10-7(3)4;1-5(2,3)4;;/h6-10H,1-5H3;6-7H,5H2,1-4H3;1H2,2-4H3;1H3;/q;-2;2*-1;. The molecule has 3 heteroatoms. The molecule has 0 aromatic rings. The Morgan fingerprint density at radius 3 is 1.00 bits per heavy atom. The summed E-state index contributed by atoms with van der Waals surface area (Å²) in [5.74, 6) is 5.33. The van der Waals surface area contributed by atoms with Crippen LogP contribution in [0.5, 0.6) is 0 Å². The first-order chi connectivity index (χ1) is 11.1. The molecule has 0 bridgehead atoms. The summed E-state index contributed by atoms with van der Waals surface area (Å²) in [5.41, 5.74) is 0.250. The Hall–Kier alpha value is 0.0803. The third kappa shape index (κ3) is 19.2. The minimum absolute atomic E-state index is 0. The number of hydrogen-bond donors (Lipinski definition) is 0. The Labute approximate surface area is 189 Å². The smallest absolute Gasteiger partial charge is 0 e. The summed E-state index contributed by atoms with van der Waals surface area (Å²) in [5, 5.41) is 8.31. The fourth-order valence-corrected chi connectivity index (χ4v) is 3.02. The first-order valence-electron chi connectivity index (χ1n) is 10.0. The van der Waals surface area contributed by atoms with Crippen LogP contribution in [0.3, 0.4) is 0 Å². The van der Waals surface area contributed by atoms with E-state index in [1.165, 1.54) is 0 Å². The summed E-state index contributed by atoms with van der Waals surface area (Å²) < 4.78 is 0. The van der Waals surface area contributed by atoms with Crippen LogP contribution in [-0.2, 0) is 22.4 Å². The van der Waals surface area contributed by atoms with Crippen molar-refractivity contribution < 1.29 is 22.4 Å². The summed E-state index contributed by atoms with van der Waals surface area (Å²) in [6.45, 7) is 33.8. The van der Waals surface area contributed by atoms with Crippen LogP contribution in [0.4, 0.5) is 0 Å². The van der Waals surface area contributed by atoms with Crippen molar-refractivity contribution in [1.82, 2.24) is 0 Å². The van der Waals surface area contributed by atoms with Crippen molar-refractivity contribution in [1.29, 1.82) is 0 Å². The SMILES string of the molecule is C=C([N-]C(C)C)[N-]C(C)C.CC1C(C)C(C)C(C)C1C.[CH2-]C(C)(C)C.[CH3-].[Ta]. The van der Waals surface area contributed by atoms with E-state index in [1.807, 2.05) is 27.7 Å². The van der Waals surface area contributed by atoms with E-state index in [0.29, 0.717) is 17.9 Å². The van der Waals surface area contributed by atoms with Crippen molar-refractivity contribution in [2.45, 2.75) is 95.2 Å². The molecule has 27 heavy (non-hydrogen) atoms. The molecule has 0 unspecified atom stereocenters. The normalized spacial score (nSPS) is 26.6. The van der Waals surface area contributed by atoms with Gasteiger partial charge < -0.3 is 25.0 Å². The summed E-state index contributed by atoms with van der Waals surface area (Å²) in [6, 6.07) is 0.602. The van der Waals surface area contributed by atoms with Gasteiger partial charge in [-0.3, -0.25) is 5.82 Å². The van der Waals surface area contributed by atoms with Gasteiger partial charge in [-0.15, -0.1) is 18.7 Å². The van der Waals surface area contributed by atoms with Gasteiger partial charge in [0.2, 0.25) is 0 Å². The van der Waals surface area contributed by atoms with Crippen LogP contribution >= 0.6 is 0 Å². The number of rotatable bonds is 4. The maximum absolute atomic E-state index is 4.16. The molecule has 0 saturated heterocycles. The zero-order valence-electron chi connectivity index (χ0n) is 20.8. The maximum atomic E-state index is 4.16. The van der Waals surface area contributed by atoms with Gasteiger partial charge in [0.25, 0.3) is 0 Å². The molecule has 0 heterocycles. The van der Waals surface area contributed by atoms with E-state index in [4.69, 9.17) is 0 Å². The molecule has 1 rings (SSSR count). The predicted molar refractivity (Wildman–Crippen MR) is 123 cm³/mol. The van der Waals surface area contributed by atoms with Gasteiger partial charge in [0.05, 0.1) is 0 Å². The van der Waals surface area contributed by atoms with Crippen molar-refractivity contribution >= 4 is 0 Å². The average molecular weight is 548 g/mol. The van der Waals surface area contributed by atoms with Crippen molar-refractivity contribution in [3.63, 3.8) is 0 Å². The van der Waals surface area contributed by atoms with Crippen molar-refractivity contribution in [3.8, 4) is 0 Å². The van der Waals surface area contributed by atoms with Crippen molar-refractivity contribution in [2.75, 3.05) is 0 Å². The first-order valence-corrected chi connectivity index (χ1v) is 10.0. The molecule has 0 aliphatic heterocycles. The van der Waals surface area contributed by atoms with E-state index in [0.717, 1.165) is 29.6 Å². The zero-order valence-corrected chi connectivity index (χ0v) is 24.0. The van der Waals surface area contributed by atoms with E-state index in [2.05, 4.69) is 79.5 Å². The van der Waals surface area contributed by atoms with Gasteiger partial charge in [0.15, 0.2) is 0 Å². The molecule has 165 valence electrons. The van der Waals surface area contributed by atoms with E-state index in [9.17, 15) is 0 Å². The molecule has 0 aromatic heterocycles. The van der Waals surface area contributed by atoms with E-state index >= 15 is 0 Å². The largest absolute Gasteiger partial charge is 0.702 e. The summed E-state index contributed by atoms with van der Waals surface area (Å²) in [4.78, 5) is 0. The molecular formula is C24H50N2Ta-4. The third-order valence-corrected chi connectivity index (χ3v) is 4.96. The van der Waals surface area contributed by atoms with Crippen LogP contribution in [0.15, 0.2) is 12.4 Å². The third-order valence-electron chi connectivity index (χ3n) is 4.96. The van der Waals surface area contributed by atoms with Gasteiger partial charge in [-0.05, 0) is 29.6 Å². The molecule has 1 aliphatic carbocycles. The number of hydrogen-bond acceptors (Lipinski definition) is 0. The zero-order chi connectivity index (χ0) is 20.5. The molecule has 1 saturated carbocycles. The van der Waals surface area contributed by atoms with Gasteiger partial charge in [0, 0.05) is 22.4 Å². The fraction of sp³-hybridized carbons (Fsp3) is 0.833. The molecule has 2 nitrogen and oxygen atoms in total. The molecule has 0 aromatic carbocycles. The van der Waals surface area contributed by atoms with Crippen LogP contribution in [0.25, 0.3) is 10.6 Å². The molecule has 0 amide bonds. The van der Waals surface area contributed by atoms with Crippen molar-refractivity contribution in [3.05, 3.63) is 37.4 Å². The quantitative estimate of drug-likeness (QED) is 0.316. The summed E-state index contributed by atoms with van der Waals surface area (Å²) >= 11 is 0. The minimum Gasteiger partial charge on any atom is -0.702 e. The van der Waals surface area contributed by atoms with Gasteiger partial charge in [-0.25, -0.2) is 0 Å². The Balaban J connectivity index is -0.000000149. The second kappa shape index (κ2) is 15.9. The Morgan fingerprint density at radius 2 is 0.889 bits per heavy atom. The van der Waals surface area contributed by atoms with E-state index in [1.54, 1.807) is 0 Å². The van der Waals surface area contributed by atoms with Crippen LogP contribution in [-0.4, -0.2) is 12.1 Å². The number of nitrogens with zero attached hydrogens (tertiary/aromatic N) is 2. The molecular weight excluding hydrogens is 497 g/mol. The second-order valence-electron chi connectivity index (χ2n) is 9.72. The Kier molecular flexibility index (Phi) is 20.4. The minimum atomic E-state index is 0. The monoisotopic (exact) mass is 547 g/mol. The first kappa shape index (κ1) is 34.6. The molecule has 1 fully saturated rings. The van der Waals surface area contributed by atoms with Crippen LogP contribution < -0.4 is 0 Å². The molecule has 0 atom stereocenters. The topological polar surface area (TPSA) is 28.2 Å². The van der Waals surface area contributed by atoms with Gasteiger partial charge in [-0.2, -0.15) is 5.41 Å². The molecule has 1 radical (unpaired) electrons. The van der Waals surface area contributed by atoms with Crippen molar-refractivity contribution in [2.24, 2.45) is 35.0 Å². The molecule has 1 aliphatic rings. The Morgan fingerprint density at radius 1 is 0.741 bits per heavy atom. The van der Waals surface area contributed by atoms with Gasteiger partial charge >= 0.3 is 0 Å². The van der Waals surface area contributed by atoms with Gasteiger partial charge in [-0.1, -0.05) is 83.1 Å².